The van der Waals surface area contributed by atoms with Crippen LogP contribution in [0.1, 0.15) is 30.0 Å². The van der Waals surface area contributed by atoms with Crippen molar-refractivity contribution in [2.75, 3.05) is 26.2 Å². The first-order chi connectivity index (χ1) is 15.0. The lowest BCUT2D eigenvalue weighted by Gasteiger charge is -2.35. The first-order valence-corrected chi connectivity index (χ1v) is 10.1. The molecule has 0 radical (unpaired) electrons. The van der Waals surface area contributed by atoms with Gasteiger partial charge in [0.15, 0.2) is 17.4 Å². The summed E-state index contributed by atoms with van der Waals surface area (Å²) >= 11 is 0. The van der Waals surface area contributed by atoms with E-state index in [1.807, 2.05) is 40.6 Å². The Labute approximate surface area is 177 Å². The van der Waals surface area contributed by atoms with Crippen molar-refractivity contribution in [2.45, 2.75) is 25.7 Å². The van der Waals surface area contributed by atoms with Crippen molar-refractivity contribution in [1.29, 1.82) is 0 Å². The second-order valence-corrected chi connectivity index (χ2v) is 7.14. The summed E-state index contributed by atoms with van der Waals surface area (Å²) in [5.41, 5.74) is 0.567. The van der Waals surface area contributed by atoms with Crippen LogP contribution in [-0.2, 0) is 17.5 Å². The lowest BCUT2D eigenvalue weighted by molar-refractivity contribution is -0.137. The van der Waals surface area contributed by atoms with Gasteiger partial charge >= 0.3 is 6.18 Å². The number of rotatable bonds is 4. The van der Waals surface area contributed by atoms with Crippen molar-refractivity contribution in [3.05, 3.63) is 65.6 Å². The molecule has 1 fully saturated rings. The Morgan fingerprint density at radius 2 is 2.10 bits per heavy atom. The van der Waals surface area contributed by atoms with Gasteiger partial charge in [0.05, 0.1) is 18.7 Å². The van der Waals surface area contributed by atoms with Gasteiger partial charge in [0.2, 0.25) is 0 Å². The van der Waals surface area contributed by atoms with E-state index < -0.39 is 17.8 Å². The molecule has 0 bridgehead atoms. The van der Waals surface area contributed by atoms with Gasteiger partial charge in [0.25, 0.3) is 0 Å². The third kappa shape index (κ3) is 4.79. The van der Waals surface area contributed by atoms with Crippen LogP contribution in [0.3, 0.4) is 0 Å². The topological polar surface area (TPSA) is 67.0 Å². The van der Waals surface area contributed by atoms with E-state index in [-0.39, 0.29) is 0 Å². The molecular weight excluding hydrogens is 409 g/mol. The van der Waals surface area contributed by atoms with Gasteiger partial charge < -0.3 is 15.0 Å². The molecule has 2 aromatic heterocycles. The Morgan fingerprint density at radius 1 is 1.23 bits per heavy atom. The second-order valence-electron chi connectivity index (χ2n) is 7.14. The number of halogens is 3. The van der Waals surface area contributed by atoms with E-state index >= 15 is 0 Å². The van der Waals surface area contributed by atoms with Gasteiger partial charge in [-0.25, -0.2) is 4.99 Å². The van der Waals surface area contributed by atoms with Gasteiger partial charge in [-0.2, -0.15) is 13.2 Å². The molecule has 0 saturated carbocycles. The summed E-state index contributed by atoms with van der Waals surface area (Å²) in [7, 11) is 0. The standard InChI is InChI=1S/C21H23F3N6O/c1-2-25-20(26-13-19-28-27-18-8-3-4-9-30(18)19)29-10-11-31-17(14-29)15-6-5-7-16(12-15)21(22,23)24/h3-9,12,17H,2,10-11,13-14H2,1H3,(H,25,26). The fourth-order valence-electron chi connectivity index (χ4n) is 3.53. The average molecular weight is 432 g/mol. The minimum atomic E-state index is -4.39. The van der Waals surface area contributed by atoms with Crippen molar-refractivity contribution in [2.24, 2.45) is 4.99 Å². The van der Waals surface area contributed by atoms with E-state index in [2.05, 4.69) is 20.5 Å². The third-order valence-electron chi connectivity index (χ3n) is 5.04. The average Bonchev–Trinajstić information content (AvgIpc) is 3.19. The van der Waals surface area contributed by atoms with Crippen LogP contribution in [0.2, 0.25) is 0 Å². The van der Waals surface area contributed by atoms with Crippen LogP contribution >= 0.6 is 0 Å². The summed E-state index contributed by atoms with van der Waals surface area (Å²) in [4.78, 5) is 6.69. The Morgan fingerprint density at radius 3 is 2.90 bits per heavy atom. The zero-order chi connectivity index (χ0) is 21.8. The Balaban J connectivity index is 1.52. The molecule has 1 atom stereocenters. The van der Waals surface area contributed by atoms with Crippen LogP contribution in [-0.4, -0.2) is 51.7 Å². The lowest BCUT2D eigenvalue weighted by atomic mass is 10.0. The maximum Gasteiger partial charge on any atom is 0.416 e. The number of alkyl halides is 3. The van der Waals surface area contributed by atoms with Gasteiger partial charge in [-0.15, -0.1) is 10.2 Å². The number of ether oxygens (including phenoxy) is 1. The molecule has 0 aliphatic carbocycles. The van der Waals surface area contributed by atoms with Crippen molar-refractivity contribution in [3.63, 3.8) is 0 Å². The predicted molar refractivity (Wildman–Crippen MR) is 110 cm³/mol. The van der Waals surface area contributed by atoms with E-state index in [9.17, 15) is 13.2 Å². The number of hydrogen-bond acceptors (Lipinski definition) is 4. The molecule has 1 unspecified atom stereocenters. The Hall–Kier alpha value is -3.14. The van der Waals surface area contributed by atoms with Crippen LogP contribution in [0, 0.1) is 0 Å². The predicted octanol–water partition coefficient (Wildman–Crippen LogP) is 3.29. The highest BCUT2D eigenvalue weighted by Crippen LogP contribution is 2.32. The molecular formula is C21H23F3N6O. The zero-order valence-corrected chi connectivity index (χ0v) is 17.0. The third-order valence-corrected chi connectivity index (χ3v) is 5.04. The molecule has 3 heterocycles. The molecule has 3 aromatic rings. The summed E-state index contributed by atoms with van der Waals surface area (Å²) in [6, 6.07) is 11.0. The van der Waals surface area contributed by atoms with E-state index in [0.29, 0.717) is 50.1 Å². The number of morpholine rings is 1. The highest BCUT2D eigenvalue weighted by atomic mass is 19.4. The number of pyridine rings is 1. The molecule has 10 heteroatoms. The van der Waals surface area contributed by atoms with Crippen molar-refractivity contribution >= 4 is 11.6 Å². The van der Waals surface area contributed by atoms with Crippen LogP contribution in [0.4, 0.5) is 13.2 Å². The molecule has 1 aliphatic rings. The number of hydrogen-bond donors (Lipinski definition) is 1. The number of aromatic nitrogens is 3. The molecule has 1 N–H and O–H groups in total. The van der Waals surface area contributed by atoms with Gasteiger partial charge in [-0.1, -0.05) is 18.2 Å². The molecule has 164 valence electrons. The van der Waals surface area contributed by atoms with E-state index in [1.54, 1.807) is 6.07 Å². The van der Waals surface area contributed by atoms with E-state index in [0.717, 1.165) is 17.8 Å². The highest BCUT2D eigenvalue weighted by molar-refractivity contribution is 5.80. The van der Waals surface area contributed by atoms with Crippen molar-refractivity contribution in [1.82, 2.24) is 24.8 Å². The summed E-state index contributed by atoms with van der Waals surface area (Å²) < 4.78 is 46.9. The number of nitrogens with zero attached hydrogens (tertiary/aromatic N) is 5. The molecule has 1 saturated heterocycles. The molecule has 31 heavy (non-hydrogen) atoms. The molecule has 0 amide bonds. The van der Waals surface area contributed by atoms with Gasteiger partial charge in [-0.05, 0) is 36.8 Å². The van der Waals surface area contributed by atoms with E-state index in [1.165, 1.54) is 6.07 Å². The molecule has 4 rings (SSSR count). The molecule has 0 spiro atoms. The van der Waals surface area contributed by atoms with Crippen molar-refractivity contribution in [3.8, 4) is 0 Å². The van der Waals surface area contributed by atoms with E-state index in [4.69, 9.17) is 4.74 Å². The van der Waals surface area contributed by atoms with Gasteiger partial charge in [0.1, 0.15) is 12.6 Å². The summed E-state index contributed by atoms with van der Waals surface area (Å²) in [6.45, 7) is 4.31. The maximum absolute atomic E-state index is 13.1. The number of aliphatic imine (C=N–C) groups is 1. The smallest absolute Gasteiger partial charge is 0.370 e. The Bertz CT molecular complexity index is 1060. The van der Waals surface area contributed by atoms with Crippen molar-refractivity contribution < 1.29 is 17.9 Å². The van der Waals surface area contributed by atoms with Crippen LogP contribution < -0.4 is 5.32 Å². The second kappa shape index (κ2) is 8.93. The molecule has 7 nitrogen and oxygen atoms in total. The fourth-order valence-corrected chi connectivity index (χ4v) is 3.53. The minimum Gasteiger partial charge on any atom is -0.370 e. The van der Waals surface area contributed by atoms with Crippen LogP contribution in [0.25, 0.3) is 5.65 Å². The minimum absolute atomic E-state index is 0.319. The number of fused-ring (bicyclic) bond motifs is 1. The van der Waals surface area contributed by atoms with Gasteiger partial charge in [-0.3, -0.25) is 4.40 Å². The fraction of sp³-hybridized carbons (Fsp3) is 0.381. The molecule has 1 aliphatic heterocycles. The highest BCUT2D eigenvalue weighted by Gasteiger charge is 2.32. The first-order valence-electron chi connectivity index (χ1n) is 10.1. The number of benzene rings is 1. The number of guanidine groups is 1. The van der Waals surface area contributed by atoms with Gasteiger partial charge in [0, 0.05) is 19.3 Å². The zero-order valence-electron chi connectivity index (χ0n) is 17.0. The summed E-state index contributed by atoms with van der Waals surface area (Å²) in [5.74, 6) is 1.36. The SMILES string of the molecule is CCNC(=NCc1nnc2ccccn12)N1CCOC(c2cccc(C(F)(F)F)c2)C1. The molecule has 1 aromatic carbocycles. The largest absolute Gasteiger partial charge is 0.416 e. The van der Waals surface area contributed by atoms with Crippen LogP contribution in [0.15, 0.2) is 53.7 Å². The summed E-state index contributed by atoms with van der Waals surface area (Å²) in [5, 5.41) is 11.6. The number of nitrogens with one attached hydrogen (secondary N) is 1. The summed E-state index contributed by atoms with van der Waals surface area (Å²) in [6.07, 6.45) is -2.98. The Kier molecular flexibility index (Phi) is 6.08. The maximum atomic E-state index is 13.1. The first kappa shape index (κ1) is 21.1. The normalized spacial score (nSPS) is 17.9. The quantitative estimate of drug-likeness (QED) is 0.506. The van der Waals surface area contributed by atoms with Crippen LogP contribution in [0.5, 0.6) is 0 Å². The monoisotopic (exact) mass is 432 g/mol. The lowest BCUT2D eigenvalue weighted by Crippen LogP contribution is -2.48.